The SMILES string of the molecule is CCN(C(=O)c1cccnc1N(C)C)c1cccc(C)c1. The number of carbonyl (C=O) groups is 1. The van der Waals surface area contributed by atoms with Crippen molar-refractivity contribution in [2.24, 2.45) is 0 Å². The van der Waals surface area contributed by atoms with Crippen LogP contribution >= 0.6 is 0 Å². The van der Waals surface area contributed by atoms with E-state index in [0.29, 0.717) is 17.9 Å². The molecule has 0 unspecified atom stereocenters. The number of anilines is 2. The summed E-state index contributed by atoms with van der Waals surface area (Å²) in [6, 6.07) is 11.6. The van der Waals surface area contributed by atoms with E-state index in [2.05, 4.69) is 4.98 Å². The molecule has 1 heterocycles. The first-order valence-electron chi connectivity index (χ1n) is 7.05. The van der Waals surface area contributed by atoms with Crippen LogP contribution in [0.5, 0.6) is 0 Å². The van der Waals surface area contributed by atoms with Gasteiger partial charge in [-0.05, 0) is 43.7 Å². The Kier molecular flexibility index (Phi) is 4.58. The van der Waals surface area contributed by atoms with E-state index in [-0.39, 0.29) is 5.91 Å². The molecule has 110 valence electrons. The lowest BCUT2D eigenvalue weighted by molar-refractivity contribution is 0.0988. The van der Waals surface area contributed by atoms with Gasteiger partial charge in [0.25, 0.3) is 5.91 Å². The fourth-order valence-electron chi connectivity index (χ4n) is 2.30. The Balaban J connectivity index is 2.42. The third kappa shape index (κ3) is 3.21. The van der Waals surface area contributed by atoms with Crippen LogP contribution in [0, 0.1) is 6.92 Å². The van der Waals surface area contributed by atoms with E-state index >= 15 is 0 Å². The number of aryl methyl sites for hydroxylation is 1. The van der Waals surface area contributed by atoms with Crippen molar-refractivity contribution >= 4 is 17.4 Å². The molecule has 0 bridgehead atoms. The Hall–Kier alpha value is -2.36. The van der Waals surface area contributed by atoms with Gasteiger partial charge in [-0.2, -0.15) is 0 Å². The number of nitrogens with zero attached hydrogens (tertiary/aromatic N) is 3. The molecule has 0 fully saturated rings. The molecule has 0 saturated heterocycles. The minimum Gasteiger partial charge on any atom is -0.362 e. The predicted molar refractivity (Wildman–Crippen MR) is 87.1 cm³/mol. The quantitative estimate of drug-likeness (QED) is 0.865. The summed E-state index contributed by atoms with van der Waals surface area (Å²) in [6.45, 7) is 4.62. The van der Waals surface area contributed by atoms with Crippen LogP contribution in [-0.4, -0.2) is 31.5 Å². The van der Waals surface area contributed by atoms with Crippen LogP contribution in [0.25, 0.3) is 0 Å². The molecule has 2 aromatic rings. The fourth-order valence-corrected chi connectivity index (χ4v) is 2.30. The van der Waals surface area contributed by atoms with Gasteiger partial charge in [-0.15, -0.1) is 0 Å². The average Bonchev–Trinajstić information content (AvgIpc) is 2.48. The minimum atomic E-state index is -0.0279. The Morgan fingerprint density at radius 1 is 1.19 bits per heavy atom. The summed E-state index contributed by atoms with van der Waals surface area (Å²) in [5.74, 6) is 0.661. The van der Waals surface area contributed by atoms with Crippen LogP contribution in [0.1, 0.15) is 22.8 Å². The van der Waals surface area contributed by atoms with Gasteiger partial charge in [0.2, 0.25) is 0 Å². The molecule has 1 aromatic carbocycles. The van der Waals surface area contributed by atoms with Gasteiger partial charge in [-0.1, -0.05) is 12.1 Å². The van der Waals surface area contributed by atoms with Crippen molar-refractivity contribution in [1.82, 2.24) is 4.98 Å². The van der Waals surface area contributed by atoms with E-state index < -0.39 is 0 Å². The fraction of sp³-hybridized carbons (Fsp3) is 0.294. The number of aromatic nitrogens is 1. The lowest BCUT2D eigenvalue weighted by Crippen LogP contribution is -2.32. The maximum atomic E-state index is 12.9. The number of hydrogen-bond acceptors (Lipinski definition) is 3. The molecule has 1 aromatic heterocycles. The minimum absolute atomic E-state index is 0.0279. The van der Waals surface area contributed by atoms with Crippen molar-refractivity contribution in [2.75, 3.05) is 30.4 Å². The van der Waals surface area contributed by atoms with Gasteiger partial charge in [0.05, 0.1) is 5.56 Å². The molecular formula is C17H21N3O. The van der Waals surface area contributed by atoms with Gasteiger partial charge in [-0.3, -0.25) is 4.79 Å². The molecule has 4 heteroatoms. The summed E-state index contributed by atoms with van der Waals surface area (Å²) in [5.41, 5.74) is 2.67. The van der Waals surface area contributed by atoms with Crippen LogP contribution in [-0.2, 0) is 0 Å². The number of hydrogen-bond donors (Lipinski definition) is 0. The predicted octanol–water partition coefficient (Wildman–Crippen LogP) is 3.12. The van der Waals surface area contributed by atoms with Gasteiger partial charge in [0.15, 0.2) is 0 Å². The highest BCUT2D eigenvalue weighted by Crippen LogP contribution is 2.22. The molecule has 0 saturated carbocycles. The molecule has 0 atom stereocenters. The lowest BCUT2D eigenvalue weighted by Gasteiger charge is -2.24. The molecule has 0 N–H and O–H groups in total. The topological polar surface area (TPSA) is 36.4 Å². The smallest absolute Gasteiger partial charge is 0.262 e. The molecular weight excluding hydrogens is 262 g/mol. The highest BCUT2D eigenvalue weighted by molar-refractivity contribution is 6.09. The van der Waals surface area contributed by atoms with Crippen molar-refractivity contribution in [3.05, 3.63) is 53.7 Å². The number of benzene rings is 1. The largest absolute Gasteiger partial charge is 0.362 e. The molecule has 0 aliphatic rings. The number of amides is 1. The van der Waals surface area contributed by atoms with Crippen LogP contribution in [0.15, 0.2) is 42.6 Å². The Labute approximate surface area is 126 Å². The van der Waals surface area contributed by atoms with Crippen LogP contribution in [0.4, 0.5) is 11.5 Å². The molecule has 0 radical (unpaired) electrons. The summed E-state index contributed by atoms with van der Waals surface area (Å²) in [6.07, 6.45) is 1.70. The van der Waals surface area contributed by atoms with Crippen molar-refractivity contribution in [2.45, 2.75) is 13.8 Å². The van der Waals surface area contributed by atoms with E-state index in [4.69, 9.17) is 0 Å². The molecule has 4 nitrogen and oxygen atoms in total. The van der Waals surface area contributed by atoms with Gasteiger partial charge < -0.3 is 9.80 Å². The molecule has 1 amide bonds. The number of rotatable bonds is 4. The second-order valence-corrected chi connectivity index (χ2v) is 5.16. The highest BCUT2D eigenvalue weighted by atomic mass is 16.2. The van der Waals surface area contributed by atoms with E-state index in [1.165, 1.54) is 0 Å². The first-order valence-corrected chi connectivity index (χ1v) is 7.05. The average molecular weight is 283 g/mol. The Bertz CT molecular complexity index is 637. The summed E-state index contributed by atoms with van der Waals surface area (Å²) >= 11 is 0. The molecule has 21 heavy (non-hydrogen) atoms. The number of carbonyl (C=O) groups excluding carboxylic acids is 1. The first kappa shape index (κ1) is 15.0. The summed E-state index contributed by atoms with van der Waals surface area (Å²) in [5, 5.41) is 0. The van der Waals surface area contributed by atoms with Crippen molar-refractivity contribution < 1.29 is 4.79 Å². The Morgan fingerprint density at radius 2 is 1.95 bits per heavy atom. The molecule has 0 spiro atoms. The van der Waals surface area contributed by atoms with Crippen molar-refractivity contribution in [3.8, 4) is 0 Å². The van der Waals surface area contributed by atoms with Crippen LogP contribution < -0.4 is 9.80 Å². The van der Waals surface area contributed by atoms with Crippen molar-refractivity contribution in [1.29, 1.82) is 0 Å². The third-order valence-corrected chi connectivity index (χ3v) is 3.32. The lowest BCUT2D eigenvalue weighted by atomic mass is 10.1. The highest BCUT2D eigenvalue weighted by Gasteiger charge is 2.20. The molecule has 2 rings (SSSR count). The standard InChI is InChI=1S/C17H21N3O/c1-5-20(14-9-6-8-13(2)12-14)17(21)15-10-7-11-18-16(15)19(3)4/h6-12H,5H2,1-4H3. The zero-order chi connectivity index (χ0) is 15.4. The van der Waals surface area contributed by atoms with Gasteiger partial charge in [0, 0.05) is 32.5 Å². The van der Waals surface area contributed by atoms with E-state index in [1.54, 1.807) is 17.2 Å². The summed E-state index contributed by atoms with van der Waals surface area (Å²) in [7, 11) is 3.78. The van der Waals surface area contributed by atoms with E-state index in [9.17, 15) is 4.79 Å². The Morgan fingerprint density at radius 3 is 2.57 bits per heavy atom. The zero-order valence-electron chi connectivity index (χ0n) is 13.0. The van der Waals surface area contributed by atoms with Gasteiger partial charge in [0.1, 0.15) is 5.82 Å². The zero-order valence-corrected chi connectivity index (χ0v) is 13.0. The third-order valence-electron chi connectivity index (χ3n) is 3.32. The van der Waals surface area contributed by atoms with Crippen molar-refractivity contribution in [3.63, 3.8) is 0 Å². The summed E-state index contributed by atoms with van der Waals surface area (Å²) < 4.78 is 0. The maximum Gasteiger partial charge on any atom is 0.262 e. The molecule has 0 aliphatic carbocycles. The van der Waals surface area contributed by atoms with Gasteiger partial charge >= 0.3 is 0 Å². The van der Waals surface area contributed by atoms with E-state index in [1.807, 2.05) is 63.2 Å². The van der Waals surface area contributed by atoms with Crippen LogP contribution in [0.2, 0.25) is 0 Å². The maximum absolute atomic E-state index is 12.9. The summed E-state index contributed by atoms with van der Waals surface area (Å²) in [4.78, 5) is 20.8. The monoisotopic (exact) mass is 283 g/mol. The second-order valence-electron chi connectivity index (χ2n) is 5.16. The normalized spacial score (nSPS) is 10.3. The van der Waals surface area contributed by atoms with Crippen LogP contribution in [0.3, 0.4) is 0 Å². The van der Waals surface area contributed by atoms with Gasteiger partial charge in [-0.25, -0.2) is 4.98 Å². The second kappa shape index (κ2) is 6.39. The first-order chi connectivity index (χ1) is 10.0. The molecule has 0 aliphatic heterocycles. The number of pyridine rings is 1. The van der Waals surface area contributed by atoms with E-state index in [0.717, 1.165) is 11.3 Å².